The smallest absolute Gasteiger partial charge is 0.119 e. The van der Waals surface area contributed by atoms with E-state index in [0.29, 0.717) is 6.61 Å². The molecule has 0 amide bonds. The fourth-order valence-electron chi connectivity index (χ4n) is 1.85. The summed E-state index contributed by atoms with van der Waals surface area (Å²) in [6.45, 7) is 4.80. The van der Waals surface area contributed by atoms with Crippen LogP contribution in [-0.4, -0.2) is 6.54 Å². The van der Waals surface area contributed by atoms with E-state index in [1.54, 1.807) is 0 Å². The Kier molecular flexibility index (Phi) is 7.78. The standard InChI is InChI=1S/C17H21NO.ClH/c1-2-12-18-13-15-8-10-16(11-9-15)14-19-17-6-4-3-5-7-17;/h3-11,18H,2,12-14H2,1H3;1H. The Morgan fingerprint density at radius 1 is 0.900 bits per heavy atom. The molecule has 0 bridgehead atoms. The Morgan fingerprint density at radius 3 is 2.20 bits per heavy atom. The average molecular weight is 292 g/mol. The number of ether oxygens (including phenoxy) is 1. The van der Waals surface area contributed by atoms with E-state index in [1.807, 2.05) is 30.3 Å². The van der Waals surface area contributed by atoms with Gasteiger partial charge in [-0.25, -0.2) is 0 Å². The summed E-state index contributed by atoms with van der Waals surface area (Å²) >= 11 is 0. The zero-order chi connectivity index (χ0) is 13.3. The van der Waals surface area contributed by atoms with Gasteiger partial charge >= 0.3 is 0 Å². The minimum atomic E-state index is 0. The van der Waals surface area contributed by atoms with Crippen LogP contribution in [0.3, 0.4) is 0 Å². The van der Waals surface area contributed by atoms with Crippen LogP contribution < -0.4 is 10.1 Å². The molecule has 2 rings (SSSR count). The molecule has 0 heterocycles. The lowest BCUT2D eigenvalue weighted by Crippen LogP contribution is -2.13. The summed E-state index contributed by atoms with van der Waals surface area (Å²) in [6.07, 6.45) is 1.17. The third kappa shape index (κ3) is 5.64. The normalized spacial score (nSPS) is 9.85. The Bertz CT molecular complexity index is 470. The van der Waals surface area contributed by atoms with Crippen molar-refractivity contribution in [2.75, 3.05) is 6.54 Å². The van der Waals surface area contributed by atoms with Crippen LogP contribution in [0.1, 0.15) is 24.5 Å². The van der Waals surface area contributed by atoms with Crippen molar-refractivity contribution in [3.05, 3.63) is 65.7 Å². The molecule has 0 radical (unpaired) electrons. The van der Waals surface area contributed by atoms with Crippen molar-refractivity contribution in [1.29, 1.82) is 0 Å². The molecule has 2 aromatic rings. The first kappa shape index (κ1) is 16.5. The van der Waals surface area contributed by atoms with Gasteiger partial charge in [-0.1, -0.05) is 49.4 Å². The predicted octanol–water partition coefficient (Wildman–Crippen LogP) is 4.19. The number of benzene rings is 2. The molecule has 3 heteroatoms. The number of hydrogen-bond acceptors (Lipinski definition) is 2. The van der Waals surface area contributed by atoms with Gasteiger partial charge in [0.1, 0.15) is 12.4 Å². The predicted molar refractivity (Wildman–Crippen MR) is 86.5 cm³/mol. The van der Waals surface area contributed by atoms with E-state index in [1.165, 1.54) is 17.5 Å². The highest BCUT2D eigenvalue weighted by atomic mass is 35.5. The second-order valence-electron chi connectivity index (χ2n) is 4.60. The Labute approximate surface area is 127 Å². The summed E-state index contributed by atoms with van der Waals surface area (Å²) in [5.41, 5.74) is 2.51. The SMILES string of the molecule is CCCNCc1ccc(COc2ccccc2)cc1.Cl. The molecule has 0 aliphatic carbocycles. The lowest BCUT2D eigenvalue weighted by molar-refractivity contribution is 0.306. The summed E-state index contributed by atoms with van der Waals surface area (Å²) in [5, 5.41) is 3.40. The molecule has 0 saturated heterocycles. The molecule has 0 aliphatic heterocycles. The molecule has 0 saturated carbocycles. The third-order valence-electron chi connectivity index (χ3n) is 2.93. The quantitative estimate of drug-likeness (QED) is 0.773. The zero-order valence-electron chi connectivity index (χ0n) is 11.8. The van der Waals surface area contributed by atoms with Gasteiger partial charge in [0, 0.05) is 6.54 Å². The molecule has 0 unspecified atom stereocenters. The minimum absolute atomic E-state index is 0. The van der Waals surface area contributed by atoms with Gasteiger partial charge < -0.3 is 10.1 Å². The number of hydrogen-bond donors (Lipinski definition) is 1. The molecule has 2 aromatic carbocycles. The van der Waals surface area contributed by atoms with E-state index >= 15 is 0 Å². The van der Waals surface area contributed by atoms with Crippen molar-refractivity contribution in [3.8, 4) is 5.75 Å². The van der Waals surface area contributed by atoms with E-state index in [4.69, 9.17) is 4.74 Å². The summed E-state index contributed by atoms with van der Waals surface area (Å²) in [5.74, 6) is 0.913. The molecular formula is C17H22ClNO. The number of halogens is 1. The zero-order valence-corrected chi connectivity index (χ0v) is 12.7. The van der Waals surface area contributed by atoms with Gasteiger partial charge in [-0.3, -0.25) is 0 Å². The van der Waals surface area contributed by atoms with Crippen LogP contribution in [0.2, 0.25) is 0 Å². The fourth-order valence-corrected chi connectivity index (χ4v) is 1.85. The topological polar surface area (TPSA) is 21.3 Å². The number of para-hydroxylation sites is 1. The first-order valence-electron chi connectivity index (χ1n) is 6.85. The van der Waals surface area contributed by atoms with Crippen molar-refractivity contribution in [2.45, 2.75) is 26.5 Å². The maximum atomic E-state index is 5.71. The van der Waals surface area contributed by atoms with Crippen LogP contribution >= 0.6 is 12.4 Å². The molecule has 0 atom stereocenters. The van der Waals surface area contributed by atoms with Gasteiger partial charge in [0.05, 0.1) is 0 Å². The first-order valence-corrected chi connectivity index (χ1v) is 6.85. The Morgan fingerprint density at radius 2 is 1.55 bits per heavy atom. The second kappa shape index (κ2) is 9.40. The first-order chi connectivity index (χ1) is 9.38. The van der Waals surface area contributed by atoms with Gasteiger partial charge in [0.2, 0.25) is 0 Å². The van der Waals surface area contributed by atoms with Crippen LogP contribution in [0.5, 0.6) is 5.75 Å². The number of rotatable bonds is 7. The molecule has 1 N–H and O–H groups in total. The highest BCUT2D eigenvalue weighted by Crippen LogP contribution is 2.12. The lowest BCUT2D eigenvalue weighted by Gasteiger charge is -2.07. The highest BCUT2D eigenvalue weighted by molar-refractivity contribution is 5.85. The van der Waals surface area contributed by atoms with Crippen molar-refractivity contribution < 1.29 is 4.74 Å². The van der Waals surface area contributed by atoms with E-state index in [-0.39, 0.29) is 12.4 Å². The van der Waals surface area contributed by atoms with E-state index < -0.39 is 0 Å². The van der Waals surface area contributed by atoms with Crippen molar-refractivity contribution in [2.24, 2.45) is 0 Å². The van der Waals surface area contributed by atoms with Crippen LogP contribution in [-0.2, 0) is 13.2 Å². The molecule has 108 valence electrons. The summed E-state index contributed by atoms with van der Waals surface area (Å²) in [6, 6.07) is 18.5. The van der Waals surface area contributed by atoms with Gasteiger partial charge in [-0.15, -0.1) is 12.4 Å². The summed E-state index contributed by atoms with van der Waals surface area (Å²) in [7, 11) is 0. The second-order valence-corrected chi connectivity index (χ2v) is 4.60. The molecule has 2 nitrogen and oxygen atoms in total. The Balaban J connectivity index is 0.00000200. The monoisotopic (exact) mass is 291 g/mol. The molecule has 0 aromatic heterocycles. The van der Waals surface area contributed by atoms with Gasteiger partial charge in [0.25, 0.3) is 0 Å². The highest BCUT2D eigenvalue weighted by Gasteiger charge is 1.96. The molecule has 0 fully saturated rings. The number of nitrogens with one attached hydrogen (secondary N) is 1. The average Bonchev–Trinajstić information content (AvgIpc) is 2.48. The molecule has 0 spiro atoms. The van der Waals surface area contributed by atoms with E-state index in [0.717, 1.165) is 18.8 Å². The van der Waals surface area contributed by atoms with Crippen molar-refractivity contribution in [1.82, 2.24) is 5.32 Å². The third-order valence-corrected chi connectivity index (χ3v) is 2.93. The largest absolute Gasteiger partial charge is 0.489 e. The van der Waals surface area contributed by atoms with Crippen LogP contribution in [0.25, 0.3) is 0 Å². The minimum Gasteiger partial charge on any atom is -0.489 e. The van der Waals surface area contributed by atoms with Crippen molar-refractivity contribution >= 4 is 12.4 Å². The molecular weight excluding hydrogens is 270 g/mol. The van der Waals surface area contributed by atoms with E-state index in [2.05, 4.69) is 36.5 Å². The van der Waals surface area contributed by atoms with Gasteiger partial charge in [-0.05, 0) is 36.2 Å². The maximum Gasteiger partial charge on any atom is 0.119 e. The van der Waals surface area contributed by atoms with Crippen LogP contribution in [0.15, 0.2) is 54.6 Å². The van der Waals surface area contributed by atoms with Gasteiger partial charge in [0.15, 0.2) is 0 Å². The summed E-state index contributed by atoms with van der Waals surface area (Å²) < 4.78 is 5.71. The molecule has 0 aliphatic rings. The van der Waals surface area contributed by atoms with Crippen LogP contribution in [0, 0.1) is 0 Å². The fraction of sp³-hybridized carbons (Fsp3) is 0.294. The molecule has 20 heavy (non-hydrogen) atoms. The van der Waals surface area contributed by atoms with Crippen molar-refractivity contribution in [3.63, 3.8) is 0 Å². The Hall–Kier alpha value is -1.51. The van der Waals surface area contributed by atoms with E-state index in [9.17, 15) is 0 Å². The summed E-state index contributed by atoms with van der Waals surface area (Å²) in [4.78, 5) is 0. The van der Waals surface area contributed by atoms with Crippen LogP contribution in [0.4, 0.5) is 0 Å². The van der Waals surface area contributed by atoms with Gasteiger partial charge in [-0.2, -0.15) is 0 Å². The maximum absolute atomic E-state index is 5.71. The lowest BCUT2D eigenvalue weighted by atomic mass is 10.1.